The first-order valence-corrected chi connectivity index (χ1v) is 6.07. The van der Waals surface area contributed by atoms with Crippen molar-refractivity contribution in [2.24, 2.45) is 0 Å². The van der Waals surface area contributed by atoms with E-state index in [9.17, 15) is 9.59 Å². The Kier molecular flexibility index (Phi) is 5.16. The van der Waals surface area contributed by atoms with Crippen molar-refractivity contribution in [1.82, 2.24) is 4.90 Å². The van der Waals surface area contributed by atoms with Crippen molar-refractivity contribution in [3.05, 3.63) is 28.8 Å². The molecule has 0 saturated carbocycles. The Hall–Kier alpha value is -1.55. The Morgan fingerprint density at radius 1 is 1.39 bits per heavy atom. The first-order chi connectivity index (χ1) is 8.49. The molecule has 0 radical (unpaired) electrons. The molecule has 0 aliphatic heterocycles. The number of benzene rings is 1. The van der Waals surface area contributed by atoms with Gasteiger partial charge < -0.3 is 9.80 Å². The zero-order chi connectivity index (χ0) is 13.7. The topological polar surface area (TPSA) is 40.6 Å². The van der Waals surface area contributed by atoms with Crippen molar-refractivity contribution in [3.63, 3.8) is 0 Å². The minimum Gasteiger partial charge on any atom is -0.362 e. The van der Waals surface area contributed by atoms with E-state index in [4.69, 9.17) is 11.6 Å². The minimum absolute atomic E-state index is 0.0208. The minimum atomic E-state index is 0.0208. The van der Waals surface area contributed by atoms with Crippen LogP contribution in [-0.4, -0.2) is 44.3 Å². The molecule has 18 heavy (non-hydrogen) atoms. The van der Waals surface area contributed by atoms with Gasteiger partial charge in [0, 0.05) is 31.9 Å². The van der Waals surface area contributed by atoms with E-state index in [0.717, 1.165) is 5.69 Å². The smallest absolute Gasteiger partial charge is 0.241 e. The van der Waals surface area contributed by atoms with Crippen LogP contribution < -0.4 is 4.90 Å². The van der Waals surface area contributed by atoms with E-state index in [1.807, 2.05) is 11.8 Å². The molecule has 4 nitrogen and oxygen atoms in total. The molecular weight excluding hydrogens is 252 g/mol. The monoisotopic (exact) mass is 268 g/mol. The molecule has 0 unspecified atom stereocenters. The highest BCUT2D eigenvalue weighted by Crippen LogP contribution is 2.22. The van der Waals surface area contributed by atoms with Crippen LogP contribution in [0.3, 0.4) is 0 Å². The second kappa shape index (κ2) is 6.40. The lowest BCUT2D eigenvalue weighted by Gasteiger charge is -2.24. The van der Waals surface area contributed by atoms with Gasteiger partial charge in [-0.1, -0.05) is 11.6 Å². The number of carbonyl (C=O) groups is 2. The second-order valence-corrected chi connectivity index (χ2v) is 4.53. The van der Waals surface area contributed by atoms with Gasteiger partial charge in [0.2, 0.25) is 5.91 Å². The van der Waals surface area contributed by atoms with Crippen molar-refractivity contribution < 1.29 is 9.59 Å². The standard InChI is InChI=1S/C13H17ClN2O2/c1-4-16(8-13(18)15(2)3)11-6-5-10(9-17)12(14)7-11/h5-7,9H,4,8H2,1-3H3. The van der Waals surface area contributed by atoms with Gasteiger partial charge in [-0.15, -0.1) is 0 Å². The third-order valence-electron chi connectivity index (χ3n) is 2.68. The summed E-state index contributed by atoms with van der Waals surface area (Å²) in [5.74, 6) is 0.0208. The molecule has 0 N–H and O–H groups in total. The molecule has 0 fully saturated rings. The fourth-order valence-corrected chi connectivity index (χ4v) is 1.72. The van der Waals surface area contributed by atoms with Gasteiger partial charge in [0.25, 0.3) is 0 Å². The lowest BCUT2D eigenvalue weighted by Crippen LogP contribution is -2.36. The summed E-state index contributed by atoms with van der Waals surface area (Å²) in [4.78, 5) is 25.8. The summed E-state index contributed by atoms with van der Waals surface area (Å²) >= 11 is 5.98. The average molecular weight is 269 g/mol. The van der Waals surface area contributed by atoms with Gasteiger partial charge >= 0.3 is 0 Å². The van der Waals surface area contributed by atoms with Crippen molar-refractivity contribution in [1.29, 1.82) is 0 Å². The van der Waals surface area contributed by atoms with E-state index in [0.29, 0.717) is 30.0 Å². The number of likely N-dealkylation sites (N-methyl/N-ethyl adjacent to an activating group) is 2. The van der Waals surface area contributed by atoms with Gasteiger partial charge in [-0.05, 0) is 25.1 Å². The van der Waals surface area contributed by atoms with E-state index in [-0.39, 0.29) is 5.91 Å². The molecular formula is C13H17ClN2O2. The van der Waals surface area contributed by atoms with E-state index >= 15 is 0 Å². The lowest BCUT2D eigenvalue weighted by molar-refractivity contribution is -0.127. The number of anilines is 1. The van der Waals surface area contributed by atoms with Crippen LogP contribution in [0, 0.1) is 0 Å². The van der Waals surface area contributed by atoms with Crippen molar-refractivity contribution >= 4 is 29.5 Å². The van der Waals surface area contributed by atoms with E-state index in [1.165, 1.54) is 0 Å². The van der Waals surface area contributed by atoms with Crippen LogP contribution >= 0.6 is 11.6 Å². The molecule has 1 aromatic rings. The fourth-order valence-electron chi connectivity index (χ4n) is 1.50. The van der Waals surface area contributed by atoms with Gasteiger partial charge in [0.05, 0.1) is 11.6 Å². The van der Waals surface area contributed by atoms with Crippen LogP contribution in [-0.2, 0) is 4.79 Å². The number of aldehydes is 1. The molecule has 5 heteroatoms. The third kappa shape index (κ3) is 3.47. The normalized spacial score (nSPS) is 10.0. The van der Waals surface area contributed by atoms with Crippen LogP contribution in [0.5, 0.6) is 0 Å². The van der Waals surface area contributed by atoms with Crippen LogP contribution in [0.2, 0.25) is 5.02 Å². The molecule has 0 heterocycles. The van der Waals surface area contributed by atoms with Crippen LogP contribution in [0.15, 0.2) is 18.2 Å². The van der Waals surface area contributed by atoms with Gasteiger partial charge in [-0.2, -0.15) is 0 Å². The molecule has 0 saturated heterocycles. The zero-order valence-electron chi connectivity index (χ0n) is 10.8. The number of rotatable bonds is 5. The molecule has 1 rings (SSSR count). The highest BCUT2D eigenvalue weighted by Gasteiger charge is 2.12. The highest BCUT2D eigenvalue weighted by molar-refractivity contribution is 6.33. The molecule has 0 aliphatic carbocycles. The Balaban J connectivity index is 2.92. The summed E-state index contributed by atoms with van der Waals surface area (Å²) in [6, 6.07) is 5.16. The summed E-state index contributed by atoms with van der Waals surface area (Å²) < 4.78 is 0. The molecule has 1 amide bonds. The molecule has 0 atom stereocenters. The largest absolute Gasteiger partial charge is 0.362 e. The first kappa shape index (κ1) is 14.5. The number of carbonyl (C=O) groups excluding carboxylic acids is 2. The number of hydrogen-bond donors (Lipinski definition) is 0. The molecule has 0 aliphatic rings. The van der Waals surface area contributed by atoms with Crippen molar-refractivity contribution in [3.8, 4) is 0 Å². The van der Waals surface area contributed by atoms with Crippen LogP contribution in [0.1, 0.15) is 17.3 Å². The van der Waals surface area contributed by atoms with Crippen molar-refractivity contribution in [2.75, 3.05) is 32.1 Å². The number of halogens is 1. The Labute approximate surface area is 112 Å². The Bertz CT molecular complexity index is 447. The first-order valence-electron chi connectivity index (χ1n) is 5.69. The summed E-state index contributed by atoms with van der Waals surface area (Å²) in [5, 5.41) is 0.401. The van der Waals surface area contributed by atoms with Crippen molar-refractivity contribution in [2.45, 2.75) is 6.92 Å². The van der Waals surface area contributed by atoms with Gasteiger partial charge in [-0.25, -0.2) is 0 Å². The molecule has 0 bridgehead atoms. The maximum absolute atomic E-state index is 11.7. The SMILES string of the molecule is CCN(CC(=O)N(C)C)c1ccc(C=O)c(Cl)c1. The third-order valence-corrected chi connectivity index (χ3v) is 3.01. The van der Waals surface area contributed by atoms with Gasteiger partial charge in [0.1, 0.15) is 0 Å². The summed E-state index contributed by atoms with van der Waals surface area (Å²) in [6.45, 7) is 2.95. The Morgan fingerprint density at radius 3 is 2.50 bits per heavy atom. The molecule has 0 spiro atoms. The van der Waals surface area contributed by atoms with Crippen LogP contribution in [0.25, 0.3) is 0 Å². The maximum Gasteiger partial charge on any atom is 0.241 e. The molecule has 0 aromatic heterocycles. The summed E-state index contributed by atoms with van der Waals surface area (Å²) in [7, 11) is 3.44. The van der Waals surface area contributed by atoms with E-state index < -0.39 is 0 Å². The van der Waals surface area contributed by atoms with Gasteiger partial charge in [0.15, 0.2) is 6.29 Å². The van der Waals surface area contributed by atoms with Crippen LogP contribution in [0.4, 0.5) is 5.69 Å². The fraction of sp³-hybridized carbons (Fsp3) is 0.385. The number of hydrogen-bond acceptors (Lipinski definition) is 3. The number of nitrogens with zero attached hydrogens (tertiary/aromatic N) is 2. The molecule has 1 aromatic carbocycles. The predicted octanol–water partition coefficient (Wildman–Crippen LogP) is 2.07. The maximum atomic E-state index is 11.7. The predicted molar refractivity (Wildman–Crippen MR) is 73.4 cm³/mol. The highest BCUT2D eigenvalue weighted by atomic mass is 35.5. The average Bonchev–Trinajstić information content (AvgIpc) is 2.35. The van der Waals surface area contributed by atoms with E-state index in [2.05, 4.69) is 0 Å². The Morgan fingerprint density at radius 2 is 2.06 bits per heavy atom. The lowest BCUT2D eigenvalue weighted by atomic mass is 10.2. The quantitative estimate of drug-likeness (QED) is 0.768. The molecule has 98 valence electrons. The zero-order valence-corrected chi connectivity index (χ0v) is 11.6. The number of amides is 1. The van der Waals surface area contributed by atoms with Gasteiger partial charge in [-0.3, -0.25) is 9.59 Å². The summed E-state index contributed by atoms with van der Waals surface area (Å²) in [6.07, 6.45) is 0.716. The second-order valence-electron chi connectivity index (χ2n) is 4.13. The van der Waals surface area contributed by atoms with E-state index in [1.54, 1.807) is 37.2 Å². The summed E-state index contributed by atoms with van der Waals surface area (Å²) in [5.41, 5.74) is 1.29.